The first-order valence-corrected chi connectivity index (χ1v) is 17.5. The van der Waals surface area contributed by atoms with E-state index in [4.69, 9.17) is 9.40 Å². The second-order valence-corrected chi connectivity index (χ2v) is 14.2. The van der Waals surface area contributed by atoms with Crippen LogP contribution in [0.1, 0.15) is 78.4 Å². The Balaban J connectivity index is 0.000000251. The molecular formula is C42H46IrNO3S-. The smallest absolute Gasteiger partial charge is 0.164 e. The van der Waals surface area contributed by atoms with Gasteiger partial charge in [0.15, 0.2) is 5.78 Å². The summed E-state index contributed by atoms with van der Waals surface area (Å²) in [5.74, 6) is 1.19. The molecule has 0 amide bonds. The van der Waals surface area contributed by atoms with E-state index < -0.39 is 0 Å². The Morgan fingerprint density at radius 2 is 1.58 bits per heavy atom. The van der Waals surface area contributed by atoms with E-state index in [1.165, 1.54) is 31.8 Å². The van der Waals surface area contributed by atoms with Crippen molar-refractivity contribution in [1.29, 1.82) is 0 Å². The Labute approximate surface area is 302 Å². The van der Waals surface area contributed by atoms with Gasteiger partial charge in [0.25, 0.3) is 0 Å². The van der Waals surface area contributed by atoms with Gasteiger partial charge in [-0.1, -0.05) is 85.7 Å². The third-order valence-electron chi connectivity index (χ3n) is 10.1. The van der Waals surface area contributed by atoms with Gasteiger partial charge in [-0.05, 0) is 60.7 Å². The van der Waals surface area contributed by atoms with Crippen LogP contribution >= 0.6 is 11.3 Å². The number of nitrogens with zero attached hydrogens (tertiary/aromatic N) is 1. The van der Waals surface area contributed by atoms with Crippen molar-refractivity contribution in [3.63, 3.8) is 0 Å². The number of hydrogen-bond acceptors (Lipinski definition) is 5. The van der Waals surface area contributed by atoms with Crippen LogP contribution in [0.25, 0.3) is 53.7 Å². The molecule has 0 saturated carbocycles. The Hall–Kier alpha value is -3.57. The molecule has 3 aromatic carbocycles. The molecule has 0 saturated heterocycles. The van der Waals surface area contributed by atoms with E-state index in [0.717, 1.165) is 64.8 Å². The fourth-order valence-corrected chi connectivity index (χ4v) is 7.12. The van der Waals surface area contributed by atoms with Crippen LogP contribution in [0.2, 0.25) is 0 Å². The first-order chi connectivity index (χ1) is 22.4. The number of hydrogen-bond donors (Lipinski definition) is 1. The molecule has 0 aliphatic carbocycles. The molecule has 3 heterocycles. The Morgan fingerprint density at radius 3 is 2.23 bits per heavy atom. The maximum Gasteiger partial charge on any atom is 0.164 e. The number of aliphatic hydroxyl groups is 1. The molecule has 1 N–H and O–H groups in total. The van der Waals surface area contributed by atoms with E-state index in [0.29, 0.717) is 0 Å². The molecular weight excluding hydrogens is 791 g/mol. The number of thiophene rings is 1. The van der Waals surface area contributed by atoms with Gasteiger partial charge in [0.2, 0.25) is 0 Å². The van der Waals surface area contributed by atoms with Crippen LogP contribution in [0, 0.1) is 30.7 Å². The summed E-state index contributed by atoms with van der Waals surface area (Å²) >= 11 is 1.79. The fourth-order valence-electron chi connectivity index (χ4n) is 5.88. The molecule has 6 rings (SSSR count). The Bertz CT molecular complexity index is 2020. The molecule has 1 radical (unpaired) electrons. The number of carbonyl (C=O) groups is 1. The minimum Gasteiger partial charge on any atom is -0.512 e. The molecule has 0 aliphatic heterocycles. The van der Waals surface area contributed by atoms with Crippen molar-refractivity contribution >= 4 is 48.3 Å². The maximum atomic E-state index is 12.2. The molecule has 0 atom stereocenters. The largest absolute Gasteiger partial charge is 0.512 e. The number of para-hydroxylation sites is 1. The summed E-state index contributed by atoms with van der Waals surface area (Å²) in [7, 11) is 0. The van der Waals surface area contributed by atoms with Crippen LogP contribution in [0.3, 0.4) is 0 Å². The number of allylic oxidation sites excluding steroid dienone is 2. The SMILES string of the molecule is CCC(C)(CC)C(=O)/C=C(\O)C(C)(CC)CC.Cc1[c-]c(-c2nccc3c2sc2cc(-c4cc5ccccc5o4)ccc23)cc(C)c1.[Ir]. The first-order valence-electron chi connectivity index (χ1n) is 16.7. The quantitative estimate of drug-likeness (QED) is 0.0895. The first kappa shape index (κ1) is 37.3. The van der Waals surface area contributed by atoms with E-state index in [9.17, 15) is 9.90 Å². The van der Waals surface area contributed by atoms with Gasteiger partial charge >= 0.3 is 0 Å². The minimum absolute atomic E-state index is 0. The van der Waals surface area contributed by atoms with Crippen LogP contribution in [0.15, 0.2) is 89.2 Å². The number of benzene rings is 3. The van der Waals surface area contributed by atoms with E-state index >= 15 is 0 Å². The zero-order chi connectivity index (χ0) is 33.9. The zero-order valence-corrected chi connectivity index (χ0v) is 32.5. The van der Waals surface area contributed by atoms with Crippen molar-refractivity contribution in [2.75, 3.05) is 0 Å². The van der Waals surface area contributed by atoms with E-state index in [1.54, 1.807) is 11.3 Å². The average Bonchev–Trinajstić information content (AvgIpc) is 3.68. The van der Waals surface area contributed by atoms with Crippen LogP contribution in [-0.2, 0) is 24.9 Å². The average molecular weight is 837 g/mol. The monoisotopic (exact) mass is 837 g/mol. The molecule has 4 nitrogen and oxygen atoms in total. The summed E-state index contributed by atoms with van der Waals surface area (Å²) < 4.78 is 8.53. The summed E-state index contributed by atoms with van der Waals surface area (Å²) in [6.45, 7) is 16.3. The normalized spacial score (nSPS) is 12.2. The Kier molecular flexibility index (Phi) is 11.9. The van der Waals surface area contributed by atoms with Crippen molar-refractivity contribution in [3.05, 3.63) is 102 Å². The fraction of sp³-hybridized carbons (Fsp3) is 0.333. The van der Waals surface area contributed by atoms with Crippen molar-refractivity contribution in [2.45, 2.75) is 81.1 Å². The number of ketones is 1. The van der Waals surface area contributed by atoms with Gasteiger partial charge in [-0.25, -0.2) is 0 Å². The predicted molar refractivity (Wildman–Crippen MR) is 199 cm³/mol. The number of carbonyl (C=O) groups excluding carboxylic acids is 1. The molecule has 3 aromatic heterocycles. The topological polar surface area (TPSA) is 63.3 Å². The minimum atomic E-state index is -0.337. The van der Waals surface area contributed by atoms with Gasteiger partial charge in [0.05, 0.1) is 0 Å². The molecule has 48 heavy (non-hydrogen) atoms. The van der Waals surface area contributed by atoms with Gasteiger partial charge < -0.3 is 14.5 Å². The van der Waals surface area contributed by atoms with Crippen LogP contribution < -0.4 is 0 Å². The number of aromatic nitrogens is 1. The third-order valence-corrected chi connectivity index (χ3v) is 11.3. The van der Waals surface area contributed by atoms with Crippen molar-refractivity contribution in [3.8, 4) is 22.6 Å². The second kappa shape index (κ2) is 15.3. The van der Waals surface area contributed by atoms with Crippen LogP contribution in [0.4, 0.5) is 0 Å². The van der Waals surface area contributed by atoms with Gasteiger partial charge in [-0.3, -0.25) is 4.79 Å². The number of furan rings is 1. The number of rotatable bonds is 9. The summed E-state index contributed by atoms with van der Waals surface area (Å²) in [6.07, 6.45) is 6.66. The molecule has 6 heteroatoms. The maximum absolute atomic E-state index is 12.2. The van der Waals surface area contributed by atoms with Crippen molar-refractivity contribution in [1.82, 2.24) is 4.98 Å². The number of pyridine rings is 1. The Morgan fingerprint density at radius 1 is 0.896 bits per heavy atom. The van der Waals surface area contributed by atoms with Crippen LogP contribution in [0.5, 0.6) is 0 Å². The van der Waals surface area contributed by atoms with Gasteiger partial charge in [0, 0.05) is 69.3 Å². The number of aliphatic hydroxyl groups excluding tert-OH is 1. The zero-order valence-electron chi connectivity index (χ0n) is 29.3. The second-order valence-electron chi connectivity index (χ2n) is 13.2. The molecule has 6 aromatic rings. The molecule has 0 bridgehead atoms. The molecule has 0 unspecified atom stereocenters. The van der Waals surface area contributed by atoms with E-state index in [1.807, 2.05) is 65.9 Å². The van der Waals surface area contributed by atoms with Gasteiger partial charge in [-0.15, -0.1) is 46.2 Å². The van der Waals surface area contributed by atoms with E-state index in [-0.39, 0.29) is 42.5 Å². The van der Waals surface area contributed by atoms with Crippen molar-refractivity contribution < 1.29 is 34.4 Å². The molecule has 253 valence electrons. The third kappa shape index (κ3) is 7.52. The predicted octanol–water partition coefficient (Wildman–Crippen LogP) is 12.6. The number of aryl methyl sites for hydroxylation is 2. The summed E-state index contributed by atoms with van der Waals surface area (Å²) in [5, 5.41) is 13.8. The van der Waals surface area contributed by atoms with Gasteiger partial charge in [-0.2, -0.15) is 0 Å². The molecule has 0 aliphatic rings. The summed E-state index contributed by atoms with van der Waals surface area (Å²) in [4.78, 5) is 16.9. The van der Waals surface area contributed by atoms with Crippen molar-refractivity contribution in [2.24, 2.45) is 10.8 Å². The van der Waals surface area contributed by atoms with E-state index in [2.05, 4.69) is 68.4 Å². The number of fused-ring (bicyclic) bond motifs is 4. The summed E-state index contributed by atoms with van der Waals surface area (Å²) in [5.41, 5.74) is 5.84. The van der Waals surface area contributed by atoms with Crippen LogP contribution in [-0.4, -0.2) is 15.9 Å². The molecule has 0 fully saturated rings. The van der Waals surface area contributed by atoms with Gasteiger partial charge in [0.1, 0.15) is 17.1 Å². The standard InChI is InChI=1S/C27H18NOS.C15H28O2.Ir/c1-16-11-17(2)13-20(12-16)26-27-22(9-10-28-26)21-8-7-19(15-25(21)30-27)24-14-18-5-3-4-6-23(18)29-24;1-7-14(5,8-2)12(16)11-13(17)15(6,9-3)10-4;/h3-12,14-15H,1-2H3;11,16H,7-10H2,1-6H3;/q-1;;/b;12-11-;. The summed E-state index contributed by atoms with van der Waals surface area (Å²) in [6, 6.07) is 26.7. The molecule has 0 spiro atoms.